The van der Waals surface area contributed by atoms with Crippen molar-refractivity contribution in [1.29, 1.82) is 0 Å². The average molecular weight is 242 g/mol. The summed E-state index contributed by atoms with van der Waals surface area (Å²) in [5.74, 6) is 0.708. The summed E-state index contributed by atoms with van der Waals surface area (Å²) in [6.45, 7) is 14.3. The quantitative estimate of drug-likeness (QED) is 0.722. The second-order valence-electron chi connectivity index (χ2n) is 5.55. The zero-order valence-corrected chi connectivity index (χ0v) is 12.0. The van der Waals surface area contributed by atoms with Crippen LogP contribution >= 0.6 is 0 Å². The zero-order valence-electron chi connectivity index (χ0n) is 12.0. The molecule has 0 saturated carbocycles. The van der Waals surface area contributed by atoms with Gasteiger partial charge in [0.15, 0.2) is 0 Å². The molecule has 1 saturated heterocycles. The van der Waals surface area contributed by atoms with Gasteiger partial charge in [-0.3, -0.25) is 4.90 Å². The minimum atomic E-state index is 0.631. The maximum Gasteiger partial charge on any atom is 0.0593 e. The summed E-state index contributed by atoms with van der Waals surface area (Å²) in [6.07, 6.45) is 2.36. The van der Waals surface area contributed by atoms with Gasteiger partial charge in [0, 0.05) is 31.8 Å². The van der Waals surface area contributed by atoms with Crippen LogP contribution in [0.1, 0.15) is 40.5 Å². The minimum absolute atomic E-state index is 0.631. The maximum atomic E-state index is 5.61. The summed E-state index contributed by atoms with van der Waals surface area (Å²) in [4.78, 5) is 2.58. The summed E-state index contributed by atoms with van der Waals surface area (Å²) >= 11 is 0. The molecule has 0 aromatic carbocycles. The average Bonchev–Trinajstić information content (AvgIpc) is 2.47. The fourth-order valence-electron chi connectivity index (χ4n) is 2.34. The van der Waals surface area contributed by atoms with Crippen molar-refractivity contribution in [3.8, 4) is 0 Å². The van der Waals surface area contributed by atoms with E-state index >= 15 is 0 Å². The van der Waals surface area contributed by atoms with Crippen LogP contribution in [0.25, 0.3) is 0 Å². The van der Waals surface area contributed by atoms with E-state index in [0.29, 0.717) is 18.0 Å². The Morgan fingerprint density at radius 1 is 1.35 bits per heavy atom. The van der Waals surface area contributed by atoms with Crippen molar-refractivity contribution >= 4 is 0 Å². The molecule has 1 fully saturated rings. The van der Waals surface area contributed by atoms with Crippen LogP contribution < -0.4 is 5.32 Å². The largest absolute Gasteiger partial charge is 0.380 e. The highest BCUT2D eigenvalue weighted by atomic mass is 16.5. The smallest absolute Gasteiger partial charge is 0.0593 e. The van der Waals surface area contributed by atoms with Gasteiger partial charge in [0.05, 0.1) is 6.61 Å². The third kappa shape index (κ3) is 5.36. The molecule has 2 unspecified atom stereocenters. The van der Waals surface area contributed by atoms with Crippen molar-refractivity contribution in [1.82, 2.24) is 10.2 Å². The highest BCUT2D eigenvalue weighted by molar-refractivity contribution is 4.82. The van der Waals surface area contributed by atoms with Crippen LogP contribution in [-0.2, 0) is 4.74 Å². The third-order valence-electron chi connectivity index (χ3n) is 3.70. The normalized spacial score (nSPS) is 27.4. The summed E-state index contributed by atoms with van der Waals surface area (Å²) < 4.78 is 5.61. The molecule has 1 heterocycles. The predicted molar refractivity (Wildman–Crippen MR) is 73.4 cm³/mol. The van der Waals surface area contributed by atoms with Crippen molar-refractivity contribution in [3.63, 3.8) is 0 Å². The number of nitrogens with one attached hydrogen (secondary N) is 1. The van der Waals surface area contributed by atoms with Gasteiger partial charge in [0.1, 0.15) is 0 Å². The van der Waals surface area contributed by atoms with Crippen molar-refractivity contribution < 1.29 is 4.74 Å². The number of hydrogen-bond donors (Lipinski definition) is 1. The molecule has 102 valence electrons. The topological polar surface area (TPSA) is 24.5 Å². The van der Waals surface area contributed by atoms with Crippen LogP contribution in [-0.4, -0.2) is 49.8 Å². The lowest BCUT2D eigenvalue weighted by Gasteiger charge is -2.30. The molecule has 0 spiro atoms. The lowest BCUT2D eigenvalue weighted by atomic mass is 10.0. The van der Waals surface area contributed by atoms with Gasteiger partial charge in [-0.25, -0.2) is 0 Å². The molecule has 3 nitrogen and oxygen atoms in total. The van der Waals surface area contributed by atoms with Gasteiger partial charge in [-0.05, 0) is 32.2 Å². The number of nitrogens with zero attached hydrogens (tertiary/aromatic N) is 1. The Morgan fingerprint density at radius 2 is 2.12 bits per heavy atom. The monoisotopic (exact) mass is 242 g/mol. The van der Waals surface area contributed by atoms with E-state index in [2.05, 4.69) is 37.9 Å². The van der Waals surface area contributed by atoms with E-state index in [4.69, 9.17) is 4.74 Å². The molecule has 17 heavy (non-hydrogen) atoms. The summed E-state index contributed by atoms with van der Waals surface area (Å²) in [7, 11) is 0. The van der Waals surface area contributed by atoms with Gasteiger partial charge in [-0.2, -0.15) is 0 Å². The van der Waals surface area contributed by atoms with Gasteiger partial charge in [0.2, 0.25) is 0 Å². The Balaban J connectivity index is 2.36. The highest BCUT2D eigenvalue weighted by Crippen LogP contribution is 2.13. The van der Waals surface area contributed by atoms with Crippen molar-refractivity contribution in [2.75, 3.05) is 32.8 Å². The van der Waals surface area contributed by atoms with Crippen LogP contribution in [0.2, 0.25) is 0 Å². The summed E-state index contributed by atoms with van der Waals surface area (Å²) in [5, 5.41) is 3.66. The first-order chi connectivity index (χ1) is 8.15. The molecule has 1 aliphatic rings. The van der Waals surface area contributed by atoms with Crippen LogP contribution in [0.4, 0.5) is 0 Å². The zero-order chi connectivity index (χ0) is 12.7. The lowest BCUT2D eigenvalue weighted by molar-refractivity contribution is 0.0869. The molecule has 1 rings (SSSR count). The van der Waals surface area contributed by atoms with Crippen LogP contribution in [0.5, 0.6) is 0 Å². The van der Waals surface area contributed by atoms with E-state index in [-0.39, 0.29) is 0 Å². The Labute approximate surface area is 107 Å². The minimum Gasteiger partial charge on any atom is -0.380 e. The molecule has 0 bridgehead atoms. The Kier molecular flexibility index (Phi) is 7.09. The van der Waals surface area contributed by atoms with Gasteiger partial charge in [-0.1, -0.05) is 20.8 Å². The highest BCUT2D eigenvalue weighted by Gasteiger charge is 2.24. The fraction of sp³-hybridized carbons (Fsp3) is 1.00. The Morgan fingerprint density at radius 3 is 2.76 bits per heavy atom. The molecule has 3 heteroatoms. The summed E-state index contributed by atoms with van der Waals surface area (Å²) in [5.41, 5.74) is 0. The summed E-state index contributed by atoms with van der Waals surface area (Å²) in [6, 6.07) is 1.31. The Bertz CT molecular complexity index is 197. The van der Waals surface area contributed by atoms with Crippen LogP contribution in [0.3, 0.4) is 0 Å². The van der Waals surface area contributed by atoms with E-state index in [1.807, 2.05) is 0 Å². The van der Waals surface area contributed by atoms with Gasteiger partial charge in [-0.15, -0.1) is 0 Å². The molecule has 2 atom stereocenters. The van der Waals surface area contributed by atoms with Crippen molar-refractivity contribution in [2.45, 2.75) is 52.6 Å². The van der Waals surface area contributed by atoms with E-state index in [1.54, 1.807) is 0 Å². The molecule has 1 N–H and O–H groups in total. The molecule has 0 radical (unpaired) electrons. The first-order valence-electron chi connectivity index (χ1n) is 7.20. The number of ether oxygens (including phenoxy) is 1. The van der Waals surface area contributed by atoms with Gasteiger partial charge >= 0.3 is 0 Å². The molecule has 0 aromatic rings. The second-order valence-corrected chi connectivity index (χ2v) is 5.55. The van der Waals surface area contributed by atoms with Crippen molar-refractivity contribution in [2.24, 2.45) is 5.92 Å². The molecule has 1 aliphatic heterocycles. The van der Waals surface area contributed by atoms with Crippen LogP contribution in [0.15, 0.2) is 0 Å². The maximum absolute atomic E-state index is 5.61. The number of rotatable bonds is 6. The van der Waals surface area contributed by atoms with E-state index in [1.165, 1.54) is 6.42 Å². The first kappa shape index (κ1) is 14.9. The van der Waals surface area contributed by atoms with Crippen LogP contribution in [0, 0.1) is 5.92 Å². The van der Waals surface area contributed by atoms with Gasteiger partial charge in [0.25, 0.3) is 0 Å². The first-order valence-corrected chi connectivity index (χ1v) is 7.20. The molecule has 0 amide bonds. The second kappa shape index (κ2) is 8.06. The number of hydrogen-bond acceptors (Lipinski definition) is 3. The molecular weight excluding hydrogens is 212 g/mol. The van der Waals surface area contributed by atoms with Crippen molar-refractivity contribution in [3.05, 3.63) is 0 Å². The van der Waals surface area contributed by atoms with E-state index < -0.39 is 0 Å². The molecule has 0 aromatic heterocycles. The lowest BCUT2D eigenvalue weighted by Crippen LogP contribution is -2.44. The SMILES string of the molecule is CCCOCCN1CC(C(C)C)NCCC1C. The third-order valence-corrected chi connectivity index (χ3v) is 3.70. The standard InChI is InChI=1S/C14H30N2O/c1-5-9-17-10-8-16-11-14(12(2)3)15-7-6-13(16)4/h12-15H,5-11H2,1-4H3. The molecular formula is C14H30N2O. The van der Waals surface area contributed by atoms with E-state index in [9.17, 15) is 0 Å². The molecule has 0 aliphatic carbocycles. The fourth-order valence-corrected chi connectivity index (χ4v) is 2.34. The van der Waals surface area contributed by atoms with E-state index in [0.717, 1.165) is 39.3 Å². The Hall–Kier alpha value is -0.120. The van der Waals surface area contributed by atoms with Gasteiger partial charge < -0.3 is 10.1 Å². The predicted octanol–water partition coefficient (Wildman–Crippen LogP) is 2.12.